The third kappa shape index (κ3) is 5.50. The molecule has 0 amide bonds. The molecule has 0 aromatic carbocycles. The summed E-state index contributed by atoms with van der Waals surface area (Å²) in [5, 5.41) is 0. The van der Waals surface area contributed by atoms with Gasteiger partial charge in [0.2, 0.25) is 0 Å². The number of nitrogens with two attached hydrogens (primary N) is 1. The van der Waals surface area contributed by atoms with E-state index in [9.17, 15) is 0 Å². The molecule has 3 N–H and O–H groups in total. The fourth-order valence-corrected chi connectivity index (χ4v) is 1.90. The lowest BCUT2D eigenvalue weighted by atomic mass is 9.83. The number of terminal acetylenes is 1. The van der Waals surface area contributed by atoms with Crippen LogP contribution in [0.15, 0.2) is 0 Å². The van der Waals surface area contributed by atoms with Crippen molar-refractivity contribution in [2.24, 2.45) is 11.3 Å². The first-order valence-electron chi connectivity index (χ1n) is 5.98. The Morgan fingerprint density at radius 3 is 2.44 bits per heavy atom. The second-order valence-corrected chi connectivity index (χ2v) is 5.11. The first-order chi connectivity index (χ1) is 7.47. The van der Waals surface area contributed by atoms with Crippen LogP contribution >= 0.6 is 0 Å². The van der Waals surface area contributed by atoms with Crippen LogP contribution in [0.4, 0.5) is 0 Å². The zero-order valence-corrected chi connectivity index (χ0v) is 11.0. The molecule has 0 aromatic rings. The summed E-state index contributed by atoms with van der Waals surface area (Å²) < 4.78 is 5.80. The predicted molar refractivity (Wildman–Crippen MR) is 68.7 cm³/mol. The summed E-state index contributed by atoms with van der Waals surface area (Å²) in [5.74, 6) is 8.25. The number of hydrogen-bond acceptors (Lipinski definition) is 3. The standard InChI is InChI=1S/C13H26N2O/c1-6-8-9-10-11(15-14)12(16-7-2)13(3,4)5/h1,11-12,15H,7-10,14H2,2-5H3. The number of hydrogen-bond donors (Lipinski definition) is 2. The molecular formula is C13H26N2O. The first-order valence-corrected chi connectivity index (χ1v) is 5.98. The Kier molecular flexibility index (Phi) is 7.40. The van der Waals surface area contributed by atoms with Gasteiger partial charge >= 0.3 is 0 Å². The predicted octanol–water partition coefficient (Wildman–Crippen LogP) is 2.07. The zero-order chi connectivity index (χ0) is 12.6. The Morgan fingerprint density at radius 2 is 2.06 bits per heavy atom. The van der Waals surface area contributed by atoms with Crippen LogP contribution in [0.3, 0.4) is 0 Å². The minimum Gasteiger partial charge on any atom is -0.376 e. The molecule has 0 saturated carbocycles. The highest BCUT2D eigenvalue weighted by atomic mass is 16.5. The topological polar surface area (TPSA) is 47.3 Å². The molecule has 0 aromatic heterocycles. The maximum absolute atomic E-state index is 5.80. The van der Waals surface area contributed by atoms with E-state index in [2.05, 4.69) is 32.1 Å². The van der Waals surface area contributed by atoms with Gasteiger partial charge in [-0.3, -0.25) is 11.3 Å². The summed E-state index contributed by atoms with van der Waals surface area (Å²) >= 11 is 0. The maximum atomic E-state index is 5.80. The molecular weight excluding hydrogens is 200 g/mol. The lowest BCUT2D eigenvalue weighted by Gasteiger charge is -2.36. The Morgan fingerprint density at radius 1 is 1.44 bits per heavy atom. The van der Waals surface area contributed by atoms with Crippen LogP contribution in [0.25, 0.3) is 0 Å². The molecule has 0 bridgehead atoms. The second-order valence-electron chi connectivity index (χ2n) is 5.11. The van der Waals surface area contributed by atoms with Crippen LogP contribution in [0.2, 0.25) is 0 Å². The molecule has 0 radical (unpaired) electrons. The van der Waals surface area contributed by atoms with Crippen molar-refractivity contribution in [1.29, 1.82) is 0 Å². The number of ether oxygens (including phenoxy) is 1. The highest BCUT2D eigenvalue weighted by molar-refractivity contribution is 4.88. The summed E-state index contributed by atoms with van der Waals surface area (Å²) in [7, 11) is 0. The van der Waals surface area contributed by atoms with E-state index in [0.717, 1.165) is 19.3 Å². The summed E-state index contributed by atoms with van der Waals surface area (Å²) in [4.78, 5) is 0. The third-order valence-electron chi connectivity index (χ3n) is 2.62. The van der Waals surface area contributed by atoms with Crippen molar-refractivity contribution in [1.82, 2.24) is 5.43 Å². The fourth-order valence-electron chi connectivity index (χ4n) is 1.90. The van der Waals surface area contributed by atoms with Gasteiger partial charge in [-0.1, -0.05) is 20.8 Å². The molecule has 0 heterocycles. The largest absolute Gasteiger partial charge is 0.376 e. The van der Waals surface area contributed by atoms with Crippen LogP contribution in [0, 0.1) is 17.8 Å². The van der Waals surface area contributed by atoms with E-state index in [1.807, 2.05) is 6.92 Å². The molecule has 0 fully saturated rings. The van der Waals surface area contributed by atoms with Gasteiger partial charge in [0.1, 0.15) is 0 Å². The van der Waals surface area contributed by atoms with Crippen molar-refractivity contribution >= 4 is 0 Å². The quantitative estimate of drug-likeness (QED) is 0.302. The monoisotopic (exact) mass is 226 g/mol. The van der Waals surface area contributed by atoms with Crippen molar-refractivity contribution in [2.75, 3.05) is 6.61 Å². The summed E-state index contributed by atoms with van der Waals surface area (Å²) in [6.45, 7) is 9.21. The van der Waals surface area contributed by atoms with E-state index in [0.29, 0.717) is 6.61 Å². The van der Waals surface area contributed by atoms with Crippen molar-refractivity contribution in [3.8, 4) is 12.3 Å². The van der Waals surface area contributed by atoms with E-state index >= 15 is 0 Å². The van der Waals surface area contributed by atoms with Crippen LogP contribution in [-0.4, -0.2) is 18.8 Å². The Hall–Kier alpha value is -0.560. The Labute approximate surface area is 100 Å². The van der Waals surface area contributed by atoms with Gasteiger partial charge in [-0.05, 0) is 25.2 Å². The van der Waals surface area contributed by atoms with Crippen LogP contribution in [0.1, 0.15) is 47.0 Å². The Bertz CT molecular complexity index is 215. The van der Waals surface area contributed by atoms with E-state index in [1.54, 1.807) is 0 Å². The molecule has 16 heavy (non-hydrogen) atoms. The molecule has 0 saturated heterocycles. The van der Waals surface area contributed by atoms with Crippen molar-refractivity contribution in [3.63, 3.8) is 0 Å². The maximum Gasteiger partial charge on any atom is 0.0789 e. The van der Waals surface area contributed by atoms with Crippen molar-refractivity contribution in [2.45, 2.75) is 59.1 Å². The lowest BCUT2D eigenvalue weighted by Crippen LogP contribution is -2.50. The highest BCUT2D eigenvalue weighted by Crippen LogP contribution is 2.26. The summed E-state index contributed by atoms with van der Waals surface area (Å²) in [6, 6.07) is 0.160. The molecule has 2 unspecified atom stereocenters. The third-order valence-corrected chi connectivity index (χ3v) is 2.62. The van der Waals surface area contributed by atoms with Gasteiger partial charge in [-0.15, -0.1) is 12.3 Å². The van der Waals surface area contributed by atoms with Crippen LogP contribution in [0.5, 0.6) is 0 Å². The number of nitrogens with one attached hydrogen (secondary N) is 1. The average Bonchev–Trinajstić information content (AvgIpc) is 2.20. The lowest BCUT2D eigenvalue weighted by molar-refractivity contribution is -0.0377. The average molecular weight is 226 g/mol. The van der Waals surface area contributed by atoms with Crippen LogP contribution < -0.4 is 11.3 Å². The normalized spacial score (nSPS) is 15.5. The Balaban J connectivity index is 4.41. The summed E-state index contributed by atoms with van der Waals surface area (Å²) in [6.07, 6.45) is 8.07. The molecule has 2 atom stereocenters. The molecule has 0 aliphatic heterocycles. The smallest absolute Gasteiger partial charge is 0.0789 e. The van der Waals surface area contributed by atoms with E-state index < -0.39 is 0 Å². The fraction of sp³-hybridized carbons (Fsp3) is 0.846. The number of hydrazine groups is 1. The number of unbranched alkanes of at least 4 members (excludes halogenated alkanes) is 1. The molecule has 0 aliphatic carbocycles. The van der Waals surface area contributed by atoms with Gasteiger partial charge in [0.05, 0.1) is 6.10 Å². The highest BCUT2D eigenvalue weighted by Gasteiger charge is 2.31. The zero-order valence-electron chi connectivity index (χ0n) is 11.0. The molecule has 0 rings (SSSR count). The molecule has 3 nitrogen and oxygen atoms in total. The van der Waals surface area contributed by atoms with Gasteiger partial charge < -0.3 is 4.74 Å². The molecule has 94 valence electrons. The van der Waals surface area contributed by atoms with Gasteiger partial charge in [-0.2, -0.15) is 0 Å². The van der Waals surface area contributed by atoms with Crippen molar-refractivity contribution in [3.05, 3.63) is 0 Å². The minimum atomic E-state index is 0.0726. The van der Waals surface area contributed by atoms with E-state index in [4.69, 9.17) is 17.0 Å². The van der Waals surface area contributed by atoms with Gasteiger partial charge in [-0.25, -0.2) is 0 Å². The van der Waals surface area contributed by atoms with Crippen LogP contribution in [-0.2, 0) is 4.74 Å². The first kappa shape index (κ1) is 15.4. The van der Waals surface area contributed by atoms with Gasteiger partial charge in [0.25, 0.3) is 0 Å². The second kappa shape index (κ2) is 7.67. The van der Waals surface area contributed by atoms with E-state index in [-0.39, 0.29) is 17.6 Å². The molecule has 0 aliphatic rings. The van der Waals surface area contributed by atoms with Crippen molar-refractivity contribution < 1.29 is 4.74 Å². The number of rotatable bonds is 7. The van der Waals surface area contributed by atoms with E-state index in [1.165, 1.54) is 0 Å². The van der Waals surface area contributed by atoms with Gasteiger partial charge in [0, 0.05) is 19.1 Å². The van der Waals surface area contributed by atoms with Gasteiger partial charge in [0.15, 0.2) is 0 Å². The molecule has 3 heteroatoms. The minimum absolute atomic E-state index is 0.0726. The molecule has 0 spiro atoms. The SMILES string of the molecule is C#CCCCC(NN)C(OCC)C(C)(C)C. The summed E-state index contributed by atoms with van der Waals surface area (Å²) in [5.41, 5.74) is 2.93.